The Kier molecular flexibility index (Phi) is 9.69. The number of carboxylic acid groups (broad SMARTS) is 1. The topological polar surface area (TPSA) is 88.0 Å². The van der Waals surface area contributed by atoms with Gasteiger partial charge in [0.05, 0.1) is 13.2 Å². The highest BCUT2D eigenvalue weighted by atomic mass is 35.5. The summed E-state index contributed by atoms with van der Waals surface area (Å²) >= 11 is 12.2. The van der Waals surface area contributed by atoms with Gasteiger partial charge in [0.15, 0.2) is 12.0 Å². The molecule has 32 heavy (non-hydrogen) atoms. The summed E-state index contributed by atoms with van der Waals surface area (Å²) in [4.78, 5) is 11.5. The van der Waals surface area contributed by atoms with Gasteiger partial charge in [-0.15, -0.1) is 0 Å². The molecule has 6 nitrogen and oxygen atoms in total. The van der Waals surface area contributed by atoms with Gasteiger partial charge in [-0.2, -0.15) is 0 Å². The zero-order valence-corrected chi connectivity index (χ0v) is 20.1. The van der Waals surface area contributed by atoms with Gasteiger partial charge >= 0.3 is 5.97 Å². The average Bonchev–Trinajstić information content (AvgIpc) is 2.73. The fourth-order valence-electron chi connectivity index (χ4n) is 3.20. The van der Waals surface area contributed by atoms with Crippen LogP contribution in [-0.2, 0) is 28.9 Å². The molecule has 0 saturated carbocycles. The Morgan fingerprint density at radius 2 is 1.81 bits per heavy atom. The van der Waals surface area contributed by atoms with E-state index in [2.05, 4.69) is 5.32 Å². The van der Waals surface area contributed by atoms with Crippen molar-refractivity contribution in [3.63, 3.8) is 0 Å². The number of benzene rings is 2. The summed E-state index contributed by atoms with van der Waals surface area (Å²) < 4.78 is 10.9. The van der Waals surface area contributed by atoms with Crippen molar-refractivity contribution in [2.45, 2.75) is 52.4 Å². The molecule has 0 saturated heterocycles. The van der Waals surface area contributed by atoms with E-state index in [1.807, 2.05) is 25.1 Å². The van der Waals surface area contributed by atoms with Crippen LogP contribution in [0.1, 0.15) is 37.5 Å². The van der Waals surface area contributed by atoms with E-state index in [0.717, 1.165) is 16.7 Å². The molecule has 0 bridgehead atoms. The normalized spacial score (nSPS) is 13.0. The van der Waals surface area contributed by atoms with Crippen molar-refractivity contribution in [2.24, 2.45) is 0 Å². The van der Waals surface area contributed by atoms with Gasteiger partial charge in [-0.25, -0.2) is 4.79 Å². The van der Waals surface area contributed by atoms with E-state index in [-0.39, 0.29) is 25.0 Å². The number of aliphatic hydroxyl groups is 1. The molecule has 0 aromatic heterocycles. The zero-order chi connectivity index (χ0) is 23.8. The van der Waals surface area contributed by atoms with Crippen molar-refractivity contribution in [3.8, 4) is 5.75 Å². The molecule has 3 N–H and O–H groups in total. The average molecular weight is 482 g/mol. The summed E-state index contributed by atoms with van der Waals surface area (Å²) in [7, 11) is 1.56. The fourth-order valence-corrected chi connectivity index (χ4v) is 3.67. The van der Waals surface area contributed by atoms with E-state index in [1.165, 1.54) is 0 Å². The van der Waals surface area contributed by atoms with Gasteiger partial charge in [0.2, 0.25) is 0 Å². The van der Waals surface area contributed by atoms with Crippen LogP contribution in [-0.4, -0.2) is 35.5 Å². The highest BCUT2D eigenvalue weighted by molar-refractivity contribution is 6.35. The van der Waals surface area contributed by atoms with Crippen molar-refractivity contribution in [2.75, 3.05) is 7.11 Å². The predicted octanol–water partition coefficient (Wildman–Crippen LogP) is 5.54. The number of aliphatic hydroxyl groups excluding tert-OH is 1. The van der Waals surface area contributed by atoms with Gasteiger partial charge in [-0.3, -0.25) is 0 Å². The molecule has 0 radical (unpaired) electrons. The Labute approximate surface area is 198 Å². The first-order valence-corrected chi connectivity index (χ1v) is 11.0. The lowest BCUT2D eigenvalue weighted by molar-refractivity contribution is -0.153. The monoisotopic (exact) mass is 481 g/mol. The third-order valence-electron chi connectivity index (χ3n) is 4.80. The largest absolute Gasteiger partial charge is 0.496 e. The number of nitrogens with one attached hydrogen (secondary N) is 1. The van der Waals surface area contributed by atoms with Crippen LogP contribution >= 0.6 is 23.2 Å². The number of ether oxygens (including phenoxy) is 2. The molecule has 1 atom stereocenters. The van der Waals surface area contributed by atoms with E-state index in [1.54, 1.807) is 39.2 Å². The minimum absolute atomic E-state index is 0.0371. The van der Waals surface area contributed by atoms with Gasteiger partial charge in [0.1, 0.15) is 5.75 Å². The Morgan fingerprint density at radius 3 is 2.41 bits per heavy atom. The highest BCUT2D eigenvalue weighted by Gasteiger charge is 2.21. The molecule has 8 heteroatoms. The quantitative estimate of drug-likeness (QED) is 0.365. The summed E-state index contributed by atoms with van der Waals surface area (Å²) in [6.45, 7) is 5.70. The van der Waals surface area contributed by atoms with Gasteiger partial charge in [-0.1, -0.05) is 41.4 Å². The van der Waals surface area contributed by atoms with E-state index < -0.39 is 12.1 Å². The molecule has 0 aliphatic carbocycles. The second-order valence-electron chi connectivity index (χ2n) is 7.76. The first-order valence-electron chi connectivity index (χ1n) is 10.2. The van der Waals surface area contributed by atoms with Crippen molar-refractivity contribution in [3.05, 3.63) is 74.6 Å². The second kappa shape index (κ2) is 12.0. The smallest absolute Gasteiger partial charge is 0.333 e. The van der Waals surface area contributed by atoms with Gasteiger partial charge in [0, 0.05) is 35.0 Å². The van der Waals surface area contributed by atoms with E-state index >= 15 is 0 Å². The number of aliphatic carboxylic acids is 1. The maximum atomic E-state index is 11.5. The van der Waals surface area contributed by atoms with Gasteiger partial charge in [0.25, 0.3) is 0 Å². The number of rotatable bonds is 11. The SMILES string of the molecule is COc1ccc(CC(OC(C)C)C(=O)O)cc1CN/C(O)=C(/C)Cc1ccc(Cl)cc1Cl. The summed E-state index contributed by atoms with van der Waals surface area (Å²) in [5.74, 6) is -0.342. The first-order chi connectivity index (χ1) is 15.1. The summed E-state index contributed by atoms with van der Waals surface area (Å²) in [5.41, 5.74) is 3.14. The Bertz CT molecular complexity index is 975. The Balaban J connectivity index is 2.13. The molecule has 0 spiro atoms. The number of carboxylic acids is 1. The van der Waals surface area contributed by atoms with Crippen LogP contribution in [0, 0.1) is 0 Å². The van der Waals surface area contributed by atoms with E-state index in [4.69, 9.17) is 32.7 Å². The van der Waals surface area contributed by atoms with Crippen molar-refractivity contribution in [1.82, 2.24) is 5.32 Å². The zero-order valence-electron chi connectivity index (χ0n) is 18.6. The van der Waals surface area contributed by atoms with Crippen molar-refractivity contribution < 1.29 is 24.5 Å². The van der Waals surface area contributed by atoms with E-state index in [0.29, 0.717) is 27.8 Å². The molecule has 0 amide bonds. The molecule has 174 valence electrons. The molecule has 2 aromatic carbocycles. The molecule has 2 aromatic rings. The molecule has 1 unspecified atom stereocenters. The lowest BCUT2D eigenvalue weighted by atomic mass is 10.0. The third-order valence-corrected chi connectivity index (χ3v) is 5.39. The molecule has 0 heterocycles. The molecular formula is C24H29Cl2NO5. The van der Waals surface area contributed by atoms with Gasteiger partial charge in [-0.05, 0) is 55.7 Å². The van der Waals surface area contributed by atoms with Crippen molar-refractivity contribution >= 4 is 29.2 Å². The molecule has 0 aliphatic rings. The lowest BCUT2D eigenvalue weighted by Gasteiger charge is -2.18. The number of allylic oxidation sites excluding steroid dienone is 1. The summed E-state index contributed by atoms with van der Waals surface area (Å²) in [6.07, 6.45) is -0.460. The van der Waals surface area contributed by atoms with Crippen LogP contribution in [0.5, 0.6) is 5.75 Å². The maximum absolute atomic E-state index is 11.5. The number of methoxy groups -OCH3 is 1. The number of hydrogen-bond acceptors (Lipinski definition) is 5. The second-order valence-corrected chi connectivity index (χ2v) is 8.60. The standard InChI is InChI=1S/C24H29Cl2NO5/c1-14(2)32-22(24(29)30)11-16-5-8-21(31-4)18(10-16)13-27-23(28)15(3)9-17-6-7-19(25)12-20(17)26/h5-8,10,12,14,22,27-28H,9,11,13H2,1-4H3,(H,29,30)/b23-15+. The van der Waals surface area contributed by atoms with Crippen LogP contribution in [0.25, 0.3) is 0 Å². The lowest BCUT2D eigenvalue weighted by Crippen LogP contribution is -2.29. The molecule has 2 rings (SSSR count). The highest BCUT2D eigenvalue weighted by Crippen LogP contribution is 2.25. The van der Waals surface area contributed by atoms with Crippen LogP contribution in [0.4, 0.5) is 0 Å². The number of carbonyl (C=O) groups is 1. The molecule has 0 fully saturated rings. The third kappa shape index (κ3) is 7.62. The minimum Gasteiger partial charge on any atom is -0.496 e. The minimum atomic E-state index is -1.01. The van der Waals surface area contributed by atoms with Crippen molar-refractivity contribution in [1.29, 1.82) is 0 Å². The van der Waals surface area contributed by atoms with E-state index in [9.17, 15) is 15.0 Å². The maximum Gasteiger partial charge on any atom is 0.333 e. The van der Waals surface area contributed by atoms with Gasteiger partial charge < -0.3 is 25.0 Å². The first kappa shape index (κ1) is 25.8. The Hall–Kier alpha value is -2.41. The van der Waals surface area contributed by atoms with Crippen LogP contribution in [0.2, 0.25) is 10.0 Å². The summed E-state index contributed by atoms with van der Waals surface area (Å²) in [5, 5.41) is 24.0. The number of halogens is 2. The molecular weight excluding hydrogens is 453 g/mol. The predicted molar refractivity (Wildman–Crippen MR) is 127 cm³/mol. The van der Waals surface area contributed by atoms with Crippen LogP contribution in [0.3, 0.4) is 0 Å². The number of hydrogen-bond donors (Lipinski definition) is 3. The van der Waals surface area contributed by atoms with Crippen LogP contribution in [0.15, 0.2) is 47.9 Å². The van der Waals surface area contributed by atoms with Crippen LogP contribution < -0.4 is 10.1 Å². The Morgan fingerprint density at radius 1 is 1.09 bits per heavy atom. The fraction of sp³-hybridized carbons (Fsp3) is 0.375. The molecule has 0 aliphatic heterocycles. The summed E-state index contributed by atoms with van der Waals surface area (Å²) in [6, 6.07) is 10.7.